The summed E-state index contributed by atoms with van der Waals surface area (Å²) in [6.45, 7) is 0.233. The van der Waals surface area contributed by atoms with Crippen LogP contribution in [0.3, 0.4) is 0 Å². The molecule has 172 valence electrons. The maximum atomic E-state index is 14.9. The number of carbonyl (C=O) groups is 2. The Morgan fingerprint density at radius 3 is 2.59 bits per heavy atom. The van der Waals surface area contributed by atoms with Gasteiger partial charge in [-0.2, -0.15) is 0 Å². The molecule has 0 saturated heterocycles. The van der Waals surface area contributed by atoms with E-state index in [4.69, 9.17) is 0 Å². The summed E-state index contributed by atoms with van der Waals surface area (Å²) in [5.41, 5.74) is 2.11. The lowest BCUT2D eigenvalue weighted by molar-refractivity contribution is -0.126. The Balaban J connectivity index is 1.68. The molecule has 0 fully saturated rings. The van der Waals surface area contributed by atoms with E-state index in [0.29, 0.717) is 5.56 Å². The van der Waals surface area contributed by atoms with E-state index < -0.39 is 29.5 Å². The predicted octanol–water partition coefficient (Wildman–Crippen LogP) is 4.95. The number of hydrogen-bond acceptors (Lipinski definition) is 3. The third-order valence-electron chi connectivity index (χ3n) is 5.95. The highest BCUT2D eigenvalue weighted by molar-refractivity contribution is 8.00. The van der Waals surface area contributed by atoms with E-state index in [1.165, 1.54) is 11.8 Å². The lowest BCUT2D eigenvalue weighted by Gasteiger charge is -2.30. The SMILES string of the molecule is Cn1c2c(c3ccccc31)C(C(=O)NCc1ccccc1)N(c1cc(F)ccc1F)C(=O)CS2. The molecule has 4 aromatic rings. The number of carbonyl (C=O) groups excluding carboxylic acids is 2. The van der Waals surface area contributed by atoms with Crippen molar-refractivity contribution >= 4 is 40.2 Å². The van der Waals surface area contributed by atoms with Crippen molar-refractivity contribution in [2.75, 3.05) is 10.7 Å². The number of thioether (sulfide) groups is 1. The molecule has 1 N–H and O–H groups in total. The number of nitrogens with one attached hydrogen (secondary N) is 1. The summed E-state index contributed by atoms with van der Waals surface area (Å²) >= 11 is 1.29. The van der Waals surface area contributed by atoms with Crippen LogP contribution in [0.15, 0.2) is 77.8 Å². The molecule has 0 radical (unpaired) electrons. The Morgan fingerprint density at radius 2 is 1.79 bits per heavy atom. The Bertz CT molecular complexity index is 1400. The average Bonchev–Trinajstić information content (AvgIpc) is 3.02. The first kappa shape index (κ1) is 22.2. The Hall–Kier alpha value is -3.65. The smallest absolute Gasteiger partial charge is 0.248 e. The van der Waals surface area contributed by atoms with Crippen LogP contribution in [0.1, 0.15) is 17.2 Å². The van der Waals surface area contributed by atoms with Gasteiger partial charge in [-0.3, -0.25) is 14.5 Å². The summed E-state index contributed by atoms with van der Waals surface area (Å²) in [7, 11) is 1.87. The van der Waals surface area contributed by atoms with Gasteiger partial charge in [0.05, 0.1) is 16.5 Å². The van der Waals surface area contributed by atoms with E-state index in [1.54, 1.807) is 0 Å². The number of halogens is 2. The molecule has 1 aliphatic rings. The number of fused-ring (bicyclic) bond motifs is 3. The van der Waals surface area contributed by atoms with Crippen LogP contribution in [0.5, 0.6) is 0 Å². The second-order valence-electron chi connectivity index (χ2n) is 8.05. The van der Waals surface area contributed by atoms with E-state index in [1.807, 2.05) is 66.2 Å². The predicted molar refractivity (Wildman–Crippen MR) is 129 cm³/mol. The number of hydrogen-bond donors (Lipinski definition) is 1. The normalized spacial score (nSPS) is 15.8. The first-order valence-corrected chi connectivity index (χ1v) is 11.7. The number of aryl methyl sites for hydroxylation is 1. The minimum Gasteiger partial charge on any atom is -0.350 e. The van der Waals surface area contributed by atoms with Gasteiger partial charge in [0.15, 0.2) is 0 Å². The van der Waals surface area contributed by atoms with Crippen molar-refractivity contribution in [1.29, 1.82) is 0 Å². The molecule has 1 aliphatic heterocycles. The average molecular weight is 478 g/mol. The monoisotopic (exact) mass is 477 g/mol. The van der Waals surface area contributed by atoms with Gasteiger partial charge < -0.3 is 9.88 Å². The summed E-state index contributed by atoms with van der Waals surface area (Å²) in [6, 6.07) is 18.7. The zero-order chi connectivity index (χ0) is 23.8. The minimum absolute atomic E-state index is 0.0183. The van der Waals surface area contributed by atoms with Crippen molar-refractivity contribution in [3.8, 4) is 0 Å². The fourth-order valence-corrected chi connectivity index (χ4v) is 5.45. The van der Waals surface area contributed by atoms with Crippen LogP contribution in [0.25, 0.3) is 10.9 Å². The third-order valence-corrected chi connectivity index (χ3v) is 7.11. The van der Waals surface area contributed by atoms with Gasteiger partial charge >= 0.3 is 0 Å². The summed E-state index contributed by atoms with van der Waals surface area (Å²) in [6.07, 6.45) is 0. The van der Waals surface area contributed by atoms with Gasteiger partial charge in [0, 0.05) is 36.1 Å². The molecule has 0 saturated carbocycles. The molecule has 2 heterocycles. The van der Waals surface area contributed by atoms with Crippen molar-refractivity contribution in [3.05, 3.63) is 95.6 Å². The molecule has 1 atom stereocenters. The molecular weight excluding hydrogens is 456 g/mol. The largest absolute Gasteiger partial charge is 0.350 e. The zero-order valence-corrected chi connectivity index (χ0v) is 19.1. The number of amides is 2. The van der Waals surface area contributed by atoms with Crippen molar-refractivity contribution in [1.82, 2.24) is 9.88 Å². The summed E-state index contributed by atoms with van der Waals surface area (Å²) in [5.74, 6) is -2.43. The van der Waals surface area contributed by atoms with Crippen LogP contribution in [-0.2, 0) is 23.2 Å². The van der Waals surface area contributed by atoms with Crippen molar-refractivity contribution in [3.63, 3.8) is 0 Å². The molecule has 3 aromatic carbocycles. The number of nitrogens with zero attached hydrogens (tertiary/aromatic N) is 2. The second kappa shape index (κ2) is 8.95. The molecule has 5 nitrogen and oxygen atoms in total. The van der Waals surface area contributed by atoms with Crippen molar-refractivity contribution < 1.29 is 18.4 Å². The fraction of sp³-hybridized carbons (Fsp3) is 0.154. The zero-order valence-electron chi connectivity index (χ0n) is 18.3. The van der Waals surface area contributed by atoms with Gasteiger partial charge in [0.2, 0.25) is 11.8 Å². The quantitative estimate of drug-likeness (QED) is 0.452. The maximum Gasteiger partial charge on any atom is 0.248 e. The number of anilines is 1. The first-order valence-electron chi connectivity index (χ1n) is 10.7. The van der Waals surface area contributed by atoms with Crippen LogP contribution in [0, 0.1) is 11.6 Å². The van der Waals surface area contributed by atoms with E-state index in [2.05, 4.69) is 5.32 Å². The van der Waals surface area contributed by atoms with Crippen molar-refractivity contribution in [2.24, 2.45) is 7.05 Å². The number of aromatic nitrogens is 1. The highest BCUT2D eigenvalue weighted by Crippen LogP contribution is 2.43. The van der Waals surface area contributed by atoms with Crippen LogP contribution < -0.4 is 10.2 Å². The molecule has 8 heteroatoms. The van der Waals surface area contributed by atoms with E-state index >= 15 is 0 Å². The minimum atomic E-state index is -1.18. The van der Waals surface area contributed by atoms with E-state index in [0.717, 1.165) is 44.6 Å². The standard InChI is InChI=1S/C26H21F2N3O2S/c1-30-20-10-6-5-9-18(20)23-24(25(33)29-14-16-7-3-2-4-8-16)31(22(32)15-34-26(23)30)21-13-17(27)11-12-19(21)28/h2-13,24H,14-15H2,1H3,(H,29,33). The van der Waals surface area contributed by atoms with Crippen molar-refractivity contribution in [2.45, 2.75) is 17.6 Å². The topological polar surface area (TPSA) is 54.3 Å². The maximum absolute atomic E-state index is 14.9. The Labute approximate surface area is 199 Å². The summed E-state index contributed by atoms with van der Waals surface area (Å²) in [4.78, 5) is 28.1. The molecule has 0 aliphatic carbocycles. The highest BCUT2D eigenvalue weighted by Gasteiger charge is 2.40. The van der Waals surface area contributed by atoms with E-state index in [-0.39, 0.29) is 18.0 Å². The van der Waals surface area contributed by atoms with Crippen LogP contribution in [0.2, 0.25) is 0 Å². The van der Waals surface area contributed by atoms with Gasteiger partial charge in [-0.15, -0.1) is 0 Å². The van der Waals surface area contributed by atoms with E-state index in [9.17, 15) is 18.4 Å². The fourth-order valence-electron chi connectivity index (χ4n) is 4.38. The first-order chi connectivity index (χ1) is 16.5. The molecule has 34 heavy (non-hydrogen) atoms. The highest BCUT2D eigenvalue weighted by atomic mass is 32.2. The van der Waals surface area contributed by atoms with Crippen LogP contribution in [0.4, 0.5) is 14.5 Å². The molecule has 1 aromatic heterocycles. The number of benzene rings is 3. The molecule has 0 spiro atoms. The number of rotatable bonds is 4. The molecule has 2 amide bonds. The Morgan fingerprint density at radius 1 is 1.06 bits per heavy atom. The van der Waals surface area contributed by atoms with Gasteiger partial charge in [-0.05, 0) is 23.8 Å². The summed E-state index contributed by atoms with van der Waals surface area (Å²) in [5, 5.41) is 4.42. The lowest BCUT2D eigenvalue weighted by Crippen LogP contribution is -2.44. The lowest BCUT2D eigenvalue weighted by atomic mass is 10.0. The van der Waals surface area contributed by atoms with Gasteiger partial charge in [-0.1, -0.05) is 60.3 Å². The van der Waals surface area contributed by atoms with Gasteiger partial charge in [-0.25, -0.2) is 8.78 Å². The number of para-hydroxylation sites is 1. The van der Waals surface area contributed by atoms with Crippen LogP contribution >= 0.6 is 11.8 Å². The molecule has 0 bridgehead atoms. The molecular formula is C26H21F2N3O2S. The van der Waals surface area contributed by atoms with Gasteiger partial charge in [0.25, 0.3) is 0 Å². The third kappa shape index (κ3) is 3.84. The van der Waals surface area contributed by atoms with Gasteiger partial charge in [0.1, 0.15) is 17.7 Å². The Kier molecular flexibility index (Phi) is 5.83. The molecule has 1 unspecified atom stereocenters. The van der Waals surface area contributed by atoms with Crippen LogP contribution in [-0.4, -0.2) is 22.1 Å². The molecule has 5 rings (SSSR count). The second-order valence-corrected chi connectivity index (χ2v) is 9.01. The summed E-state index contributed by atoms with van der Waals surface area (Å²) < 4.78 is 31.0.